The van der Waals surface area contributed by atoms with Gasteiger partial charge in [0.1, 0.15) is 5.82 Å². The summed E-state index contributed by atoms with van der Waals surface area (Å²) in [5.74, 6) is -0.342. The Hall–Kier alpha value is -2.10. The molecule has 0 radical (unpaired) electrons. The lowest BCUT2D eigenvalue weighted by Crippen LogP contribution is -2.10. The van der Waals surface area contributed by atoms with Gasteiger partial charge in [-0.15, -0.1) is 0 Å². The molecule has 2 aromatic rings. The first-order valence-corrected chi connectivity index (χ1v) is 6.16. The molecule has 100 valence electrons. The van der Waals surface area contributed by atoms with E-state index in [1.54, 1.807) is 11.6 Å². The maximum atomic E-state index is 10.9. The first-order valence-electron chi connectivity index (χ1n) is 6.16. The fourth-order valence-electron chi connectivity index (χ4n) is 1.96. The van der Waals surface area contributed by atoms with E-state index in [4.69, 9.17) is 5.11 Å². The summed E-state index contributed by atoms with van der Waals surface area (Å²) < 4.78 is 1.73. The molecule has 0 unspecified atom stereocenters. The Morgan fingerprint density at radius 2 is 1.79 bits per heavy atom. The highest BCUT2D eigenvalue weighted by Crippen LogP contribution is 2.25. The summed E-state index contributed by atoms with van der Waals surface area (Å²) >= 11 is 0. The standard InChI is InChI=1S/C15H18N2O2/c1-15(2,3)11-7-5-10(6-8-11)13-16-12(14(18)19)9-17(13)4/h5-9H,1-4H3,(H,18,19). The average Bonchev–Trinajstić information content (AvgIpc) is 2.70. The Bertz CT molecular complexity index is 604. The van der Waals surface area contributed by atoms with E-state index in [2.05, 4.69) is 37.9 Å². The number of rotatable bonds is 2. The van der Waals surface area contributed by atoms with E-state index in [0.717, 1.165) is 5.56 Å². The van der Waals surface area contributed by atoms with Gasteiger partial charge in [-0.2, -0.15) is 0 Å². The van der Waals surface area contributed by atoms with Crippen molar-refractivity contribution >= 4 is 5.97 Å². The topological polar surface area (TPSA) is 55.1 Å². The maximum Gasteiger partial charge on any atom is 0.356 e. The van der Waals surface area contributed by atoms with Gasteiger partial charge in [0.2, 0.25) is 0 Å². The van der Waals surface area contributed by atoms with Crippen molar-refractivity contribution in [3.8, 4) is 11.4 Å². The van der Waals surface area contributed by atoms with E-state index < -0.39 is 5.97 Å². The second kappa shape index (κ2) is 4.53. The zero-order valence-electron chi connectivity index (χ0n) is 11.6. The minimum Gasteiger partial charge on any atom is -0.476 e. The molecular weight excluding hydrogens is 240 g/mol. The number of imidazole rings is 1. The van der Waals surface area contributed by atoms with Crippen molar-refractivity contribution in [3.05, 3.63) is 41.7 Å². The number of carboxylic acid groups (broad SMARTS) is 1. The molecule has 1 N–H and O–H groups in total. The maximum absolute atomic E-state index is 10.9. The number of nitrogens with zero attached hydrogens (tertiary/aromatic N) is 2. The molecule has 1 aromatic heterocycles. The Morgan fingerprint density at radius 3 is 2.21 bits per heavy atom. The summed E-state index contributed by atoms with van der Waals surface area (Å²) in [7, 11) is 1.80. The van der Waals surface area contributed by atoms with Gasteiger partial charge in [0.05, 0.1) is 0 Å². The van der Waals surface area contributed by atoms with Gasteiger partial charge < -0.3 is 9.67 Å². The number of carbonyl (C=O) groups is 1. The SMILES string of the molecule is Cn1cc(C(=O)O)nc1-c1ccc(C(C)(C)C)cc1. The van der Waals surface area contributed by atoms with E-state index in [-0.39, 0.29) is 11.1 Å². The summed E-state index contributed by atoms with van der Waals surface area (Å²) in [5, 5.41) is 8.94. The first kappa shape index (κ1) is 13.3. The number of aromatic carboxylic acids is 1. The van der Waals surface area contributed by atoms with Crippen molar-refractivity contribution < 1.29 is 9.90 Å². The van der Waals surface area contributed by atoms with Gasteiger partial charge in [-0.1, -0.05) is 45.0 Å². The van der Waals surface area contributed by atoms with Crippen LogP contribution in [0.1, 0.15) is 36.8 Å². The van der Waals surface area contributed by atoms with Gasteiger partial charge in [0.25, 0.3) is 0 Å². The van der Waals surface area contributed by atoms with Crippen molar-refractivity contribution in [2.24, 2.45) is 7.05 Å². The molecule has 0 aliphatic rings. The molecule has 19 heavy (non-hydrogen) atoms. The number of hydrogen-bond donors (Lipinski definition) is 1. The Balaban J connectivity index is 2.40. The van der Waals surface area contributed by atoms with Crippen molar-refractivity contribution in [1.29, 1.82) is 0 Å². The van der Waals surface area contributed by atoms with E-state index in [1.807, 2.05) is 12.1 Å². The average molecular weight is 258 g/mol. The van der Waals surface area contributed by atoms with Crippen LogP contribution in [0.25, 0.3) is 11.4 Å². The van der Waals surface area contributed by atoms with Crippen molar-refractivity contribution in [3.63, 3.8) is 0 Å². The lowest BCUT2D eigenvalue weighted by molar-refractivity contribution is 0.0691. The number of hydrogen-bond acceptors (Lipinski definition) is 2. The summed E-state index contributed by atoms with van der Waals surface area (Å²) in [6.07, 6.45) is 1.52. The highest BCUT2D eigenvalue weighted by Gasteiger charge is 2.15. The molecule has 0 fully saturated rings. The molecule has 0 saturated heterocycles. The predicted octanol–water partition coefficient (Wildman–Crippen LogP) is 3.08. The number of aromatic nitrogens is 2. The quantitative estimate of drug-likeness (QED) is 0.900. The molecule has 0 amide bonds. The molecule has 2 rings (SSSR count). The minimum atomic E-state index is -1.01. The second-order valence-electron chi connectivity index (χ2n) is 5.69. The second-order valence-corrected chi connectivity index (χ2v) is 5.69. The molecule has 0 bridgehead atoms. The fraction of sp³-hybridized carbons (Fsp3) is 0.333. The highest BCUT2D eigenvalue weighted by atomic mass is 16.4. The zero-order valence-corrected chi connectivity index (χ0v) is 11.6. The lowest BCUT2D eigenvalue weighted by atomic mass is 9.87. The fourth-order valence-corrected chi connectivity index (χ4v) is 1.96. The van der Waals surface area contributed by atoms with Gasteiger partial charge in [-0.25, -0.2) is 9.78 Å². The summed E-state index contributed by atoms with van der Waals surface area (Å²) in [6, 6.07) is 8.08. The van der Waals surface area contributed by atoms with Crippen LogP contribution >= 0.6 is 0 Å². The Labute approximate surface area is 112 Å². The van der Waals surface area contributed by atoms with Crippen LogP contribution in [0, 0.1) is 0 Å². The van der Waals surface area contributed by atoms with Crippen LogP contribution in [0.5, 0.6) is 0 Å². The van der Waals surface area contributed by atoms with Gasteiger partial charge in [0, 0.05) is 18.8 Å². The van der Waals surface area contributed by atoms with Crippen LogP contribution in [-0.4, -0.2) is 20.6 Å². The summed E-state index contributed by atoms with van der Waals surface area (Å²) in [6.45, 7) is 6.47. The lowest BCUT2D eigenvalue weighted by Gasteiger charge is -2.19. The third-order valence-corrected chi connectivity index (χ3v) is 3.10. The van der Waals surface area contributed by atoms with Crippen LogP contribution in [0.15, 0.2) is 30.5 Å². The Kier molecular flexibility index (Phi) is 3.18. The molecule has 0 atom stereocenters. The largest absolute Gasteiger partial charge is 0.476 e. The summed E-state index contributed by atoms with van der Waals surface area (Å²) in [4.78, 5) is 15.0. The number of benzene rings is 1. The third-order valence-electron chi connectivity index (χ3n) is 3.10. The molecule has 0 aliphatic heterocycles. The third kappa shape index (κ3) is 2.67. The molecule has 1 aromatic carbocycles. The Morgan fingerprint density at radius 1 is 1.21 bits per heavy atom. The molecule has 0 spiro atoms. The zero-order chi connectivity index (χ0) is 14.2. The van der Waals surface area contributed by atoms with Crippen molar-refractivity contribution in [2.75, 3.05) is 0 Å². The van der Waals surface area contributed by atoms with Gasteiger partial charge >= 0.3 is 5.97 Å². The molecule has 0 saturated carbocycles. The minimum absolute atomic E-state index is 0.0670. The van der Waals surface area contributed by atoms with Crippen LogP contribution in [0.4, 0.5) is 0 Å². The smallest absolute Gasteiger partial charge is 0.356 e. The van der Waals surface area contributed by atoms with E-state index in [1.165, 1.54) is 11.8 Å². The van der Waals surface area contributed by atoms with Crippen LogP contribution in [0.3, 0.4) is 0 Å². The molecular formula is C15H18N2O2. The van der Waals surface area contributed by atoms with Gasteiger partial charge in [0.15, 0.2) is 5.69 Å². The monoisotopic (exact) mass is 258 g/mol. The van der Waals surface area contributed by atoms with E-state index in [0.29, 0.717) is 5.82 Å². The van der Waals surface area contributed by atoms with Gasteiger partial charge in [-0.3, -0.25) is 0 Å². The molecule has 1 heterocycles. The first-order chi connectivity index (χ1) is 8.79. The predicted molar refractivity (Wildman–Crippen MR) is 74.3 cm³/mol. The summed E-state index contributed by atoms with van der Waals surface area (Å²) in [5.41, 5.74) is 2.33. The van der Waals surface area contributed by atoms with E-state index in [9.17, 15) is 4.79 Å². The number of aryl methyl sites for hydroxylation is 1. The highest BCUT2D eigenvalue weighted by molar-refractivity contribution is 5.86. The van der Waals surface area contributed by atoms with E-state index >= 15 is 0 Å². The van der Waals surface area contributed by atoms with Crippen LogP contribution < -0.4 is 0 Å². The molecule has 4 nitrogen and oxygen atoms in total. The van der Waals surface area contributed by atoms with Gasteiger partial charge in [-0.05, 0) is 11.0 Å². The van der Waals surface area contributed by atoms with Crippen molar-refractivity contribution in [1.82, 2.24) is 9.55 Å². The van der Waals surface area contributed by atoms with Crippen molar-refractivity contribution in [2.45, 2.75) is 26.2 Å². The molecule has 4 heteroatoms. The van der Waals surface area contributed by atoms with Crippen LogP contribution in [0.2, 0.25) is 0 Å². The normalized spacial score (nSPS) is 11.6. The van der Waals surface area contributed by atoms with Crippen LogP contribution in [-0.2, 0) is 12.5 Å². The molecule has 0 aliphatic carbocycles. The number of carboxylic acids is 1.